The van der Waals surface area contributed by atoms with Gasteiger partial charge in [0.2, 0.25) is 5.95 Å². The number of ether oxygens (including phenoxy) is 1. The van der Waals surface area contributed by atoms with E-state index in [1.807, 2.05) is 6.07 Å². The van der Waals surface area contributed by atoms with Crippen LogP contribution in [-0.2, 0) is 10.2 Å². The van der Waals surface area contributed by atoms with Crippen LogP contribution in [0, 0.1) is 0 Å². The van der Waals surface area contributed by atoms with Crippen molar-refractivity contribution < 1.29 is 4.74 Å². The van der Waals surface area contributed by atoms with Crippen LogP contribution in [-0.4, -0.2) is 36.3 Å². The SMILES string of the molecule is CC1(c2cc(Cl)nc(N3CCOCC3)n2)CC1. The van der Waals surface area contributed by atoms with Gasteiger partial charge in [0.15, 0.2) is 0 Å². The molecule has 1 aromatic rings. The van der Waals surface area contributed by atoms with Crippen LogP contribution < -0.4 is 4.90 Å². The third-order valence-corrected chi connectivity index (χ3v) is 3.79. The van der Waals surface area contributed by atoms with E-state index in [1.54, 1.807) is 0 Å². The maximum atomic E-state index is 6.09. The van der Waals surface area contributed by atoms with E-state index < -0.39 is 0 Å². The van der Waals surface area contributed by atoms with E-state index in [2.05, 4.69) is 21.8 Å². The van der Waals surface area contributed by atoms with Gasteiger partial charge in [-0.05, 0) is 18.9 Å². The second-order valence-corrected chi connectivity index (χ2v) is 5.42. The van der Waals surface area contributed by atoms with Gasteiger partial charge in [0.25, 0.3) is 0 Å². The third-order valence-electron chi connectivity index (χ3n) is 3.60. The van der Waals surface area contributed by atoms with Crippen LogP contribution in [0.25, 0.3) is 0 Å². The lowest BCUT2D eigenvalue weighted by atomic mass is 10.1. The average Bonchev–Trinajstić information content (AvgIpc) is 3.09. The molecule has 2 fully saturated rings. The van der Waals surface area contributed by atoms with E-state index in [0.29, 0.717) is 5.15 Å². The summed E-state index contributed by atoms with van der Waals surface area (Å²) in [4.78, 5) is 11.1. The normalized spacial score (nSPS) is 22.6. The highest BCUT2D eigenvalue weighted by molar-refractivity contribution is 6.29. The third kappa shape index (κ3) is 2.24. The Morgan fingerprint density at radius 1 is 1.29 bits per heavy atom. The minimum absolute atomic E-state index is 0.230. The first-order chi connectivity index (χ1) is 8.17. The van der Waals surface area contributed by atoms with Crippen LogP contribution >= 0.6 is 11.6 Å². The monoisotopic (exact) mass is 253 g/mol. The smallest absolute Gasteiger partial charge is 0.227 e. The molecule has 0 atom stereocenters. The first-order valence-corrected chi connectivity index (χ1v) is 6.43. The quantitative estimate of drug-likeness (QED) is 0.756. The van der Waals surface area contributed by atoms with Gasteiger partial charge in [-0.2, -0.15) is 0 Å². The predicted octanol–water partition coefficient (Wildman–Crippen LogP) is 2.02. The highest BCUT2D eigenvalue weighted by atomic mass is 35.5. The number of aromatic nitrogens is 2. The van der Waals surface area contributed by atoms with Crippen LogP contribution in [0.4, 0.5) is 5.95 Å². The summed E-state index contributed by atoms with van der Waals surface area (Å²) in [6.45, 7) is 5.40. The molecule has 1 saturated heterocycles. The molecule has 0 radical (unpaired) electrons. The lowest BCUT2D eigenvalue weighted by Crippen LogP contribution is -2.37. The highest BCUT2D eigenvalue weighted by Crippen LogP contribution is 2.47. The molecular formula is C12H16ClN3O. The van der Waals surface area contributed by atoms with Crippen LogP contribution in [0.5, 0.6) is 0 Å². The van der Waals surface area contributed by atoms with E-state index >= 15 is 0 Å². The van der Waals surface area contributed by atoms with Gasteiger partial charge < -0.3 is 9.64 Å². The van der Waals surface area contributed by atoms with Crippen LogP contribution in [0.15, 0.2) is 6.07 Å². The zero-order chi connectivity index (χ0) is 11.9. The molecule has 0 unspecified atom stereocenters. The van der Waals surface area contributed by atoms with Crippen LogP contribution in [0.2, 0.25) is 5.15 Å². The van der Waals surface area contributed by atoms with E-state index in [0.717, 1.165) is 37.9 Å². The van der Waals surface area contributed by atoms with Crippen molar-refractivity contribution in [3.05, 3.63) is 16.9 Å². The molecule has 3 rings (SSSR count). The molecule has 0 spiro atoms. The van der Waals surface area contributed by atoms with Crippen molar-refractivity contribution in [2.75, 3.05) is 31.2 Å². The summed E-state index contributed by atoms with van der Waals surface area (Å²) in [5, 5.41) is 0.546. The van der Waals surface area contributed by atoms with E-state index in [4.69, 9.17) is 16.3 Å². The number of hydrogen-bond acceptors (Lipinski definition) is 4. The first kappa shape index (κ1) is 11.2. The fraction of sp³-hybridized carbons (Fsp3) is 0.667. The standard InChI is InChI=1S/C12H16ClN3O/c1-12(2-3-12)9-8-10(13)15-11(14-9)16-4-6-17-7-5-16/h8H,2-7H2,1H3. The average molecular weight is 254 g/mol. The van der Waals surface area contributed by atoms with Crippen molar-refractivity contribution in [1.29, 1.82) is 0 Å². The molecule has 1 aliphatic carbocycles. The van der Waals surface area contributed by atoms with Gasteiger partial charge in [-0.15, -0.1) is 0 Å². The Labute approximate surface area is 106 Å². The Bertz CT molecular complexity index is 428. The van der Waals surface area contributed by atoms with E-state index in [9.17, 15) is 0 Å². The van der Waals surface area contributed by atoms with E-state index in [-0.39, 0.29) is 5.41 Å². The Morgan fingerprint density at radius 3 is 2.65 bits per heavy atom. The Balaban J connectivity index is 1.90. The summed E-state index contributed by atoms with van der Waals surface area (Å²) in [6.07, 6.45) is 2.39. The van der Waals surface area contributed by atoms with Gasteiger partial charge in [0.05, 0.1) is 18.9 Å². The second-order valence-electron chi connectivity index (χ2n) is 5.04. The fourth-order valence-electron chi connectivity index (χ4n) is 2.06. The minimum Gasteiger partial charge on any atom is -0.378 e. The Kier molecular flexibility index (Phi) is 2.71. The van der Waals surface area contributed by atoms with E-state index in [1.165, 1.54) is 12.8 Å². The number of nitrogens with zero attached hydrogens (tertiary/aromatic N) is 3. The van der Waals surface area contributed by atoms with Gasteiger partial charge in [-0.3, -0.25) is 0 Å². The molecule has 4 nitrogen and oxygen atoms in total. The summed E-state index contributed by atoms with van der Waals surface area (Å²) in [5.74, 6) is 0.754. The molecule has 17 heavy (non-hydrogen) atoms. The van der Waals surface area contributed by atoms with Crippen molar-refractivity contribution in [3.63, 3.8) is 0 Å². The summed E-state index contributed by atoms with van der Waals surface area (Å²) < 4.78 is 5.33. The van der Waals surface area contributed by atoms with Crippen LogP contribution in [0.3, 0.4) is 0 Å². The maximum Gasteiger partial charge on any atom is 0.227 e. The number of hydrogen-bond donors (Lipinski definition) is 0. The molecule has 1 aromatic heterocycles. The van der Waals surface area contributed by atoms with Crippen LogP contribution in [0.1, 0.15) is 25.5 Å². The molecule has 5 heteroatoms. The minimum atomic E-state index is 0.230. The molecule has 0 aromatic carbocycles. The number of halogens is 1. The van der Waals surface area contributed by atoms with Gasteiger partial charge in [0, 0.05) is 18.5 Å². The molecule has 92 valence electrons. The van der Waals surface area contributed by atoms with Crippen molar-refractivity contribution in [2.24, 2.45) is 0 Å². The Hall–Kier alpha value is -0.870. The maximum absolute atomic E-state index is 6.09. The second kappa shape index (κ2) is 4.10. The number of morpholine rings is 1. The largest absolute Gasteiger partial charge is 0.378 e. The van der Waals surface area contributed by atoms with Gasteiger partial charge >= 0.3 is 0 Å². The van der Waals surface area contributed by atoms with Crippen molar-refractivity contribution >= 4 is 17.5 Å². The molecular weight excluding hydrogens is 238 g/mol. The lowest BCUT2D eigenvalue weighted by Gasteiger charge is -2.27. The van der Waals surface area contributed by atoms with Crippen molar-refractivity contribution in [1.82, 2.24) is 9.97 Å². The number of anilines is 1. The zero-order valence-electron chi connectivity index (χ0n) is 9.95. The molecule has 0 amide bonds. The highest BCUT2D eigenvalue weighted by Gasteiger charge is 2.41. The summed E-state index contributed by atoms with van der Waals surface area (Å²) in [6, 6.07) is 1.90. The van der Waals surface area contributed by atoms with Gasteiger partial charge in [-0.1, -0.05) is 18.5 Å². The van der Waals surface area contributed by atoms with Crippen molar-refractivity contribution in [3.8, 4) is 0 Å². The molecule has 2 aliphatic rings. The molecule has 2 heterocycles. The molecule has 1 aliphatic heterocycles. The predicted molar refractivity (Wildman–Crippen MR) is 66.7 cm³/mol. The molecule has 1 saturated carbocycles. The van der Waals surface area contributed by atoms with Crippen molar-refractivity contribution in [2.45, 2.75) is 25.2 Å². The summed E-state index contributed by atoms with van der Waals surface area (Å²) in [7, 11) is 0. The summed E-state index contributed by atoms with van der Waals surface area (Å²) in [5.41, 5.74) is 1.31. The molecule has 0 N–H and O–H groups in total. The topological polar surface area (TPSA) is 38.2 Å². The number of rotatable bonds is 2. The lowest BCUT2D eigenvalue weighted by molar-refractivity contribution is 0.122. The zero-order valence-corrected chi connectivity index (χ0v) is 10.7. The first-order valence-electron chi connectivity index (χ1n) is 6.05. The van der Waals surface area contributed by atoms with Gasteiger partial charge in [0.1, 0.15) is 5.15 Å². The van der Waals surface area contributed by atoms with Gasteiger partial charge in [-0.25, -0.2) is 9.97 Å². The fourth-order valence-corrected chi connectivity index (χ4v) is 2.24. The summed E-state index contributed by atoms with van der Waals surface area (Å²) >= 11 is 6.09. The Morgan fingerprint density at radius 2 is 2.00 bits per heavy atom. The molecule has 0 bridgehead atoms.